The zero-order valence-corrected chi connectivity index (χ0v) is 20.9. The van der Waals surface area contributed by atoms with Crippen LogP contribution in [0.1, 0.15) is 36.6 Å². The van der Waals surface area contributed by atoms with Gasteiger partial charge >= 0.3 is 6.03 Å². The summed E-state index contributed by atoms with van der Waals surface area (Å²) >= 11 is 0. The van der Waals surface area contributed by atoms with Crippen LogP contribution < -0.4 is 5.32 Å². The molecule has 36 heavy (non-hydrogen) atoms. The Morgan fingerprint density at radius 3 is 2.06 bits per heavy atom. The molecule has 2 aliphatic rings. The van der Waals surface area contributed by atoms with Crippen molar-refractivity contribution in [3.05, 3.63) is 120 Å². The molecule has 0 spiro atoms. The number of urea groups is 1. The molecule has 6 heteroatoms. The lowest BCUT2D eigenvalue weighted by Gasteiger charge is -2.30. The van der Waals surface area contributed by atoms with Crippen molar-refractivity contribution in [1.29, 1.82) is 0 Å². The van der Waals surface area contributed by atoms with Crippen LogP contribution in [0, 0.1) is 6.92 Å². The number of fused-ring (bicyclic) bond motifs is 1. The lowest BCUT2D eigenvalue weighted by atomic mass is 9.99. The Kier molecular flexibility index (Phi) is 9.17. The van der Waals surface area contributed by atoms with E-state index in [1.807, 2.05) is 66.7 Å². The van der Waals surface area contributed by atoms with Crippen LogP contribution in [-0.2, 0) is 22.6 Å². The number of hydrogen-bond donors (Lipinski definition) is 1. The molecular formula is C30H35N3O3. The van der Waals surface area contributed by atoms with Crippen molar-refractivity contribution < 1.29 is 15.8 Å². The predicted octanol–water partition coefficient (Wildman–Crippen LogP) is 5.30. The summed E-state index contributed by atoms with van der Waals surface area (Å²) in [5.41, 5.74) is 4.48. The van der Waals surface area contributed by atoms with Crippen molar-refractivity contribution >= 4 is 17.8 Å². The van der Waals surface area contributed by atoms with Gasteiger partial charge in [-0.1, -0.05) is 90.5 Å². The van der Waals surface area contributed by atoms with Gasteiger partial charge in [-0.2, -0.15) is 0 Å². The van der Waals surface area contributed by atoms with Crippen LogP contribution in [0.4, 0.5) is 4.79 Å². The Balaban J connectivity index is 0.000000413. The van der Waals surface area contributed by atoms with E-state index in [0.29, 0.717) is 13.1 Å². The number of rotatable bonds is 3. The molecule has 1 fully saturated rings. The third-order valence-corrected chi connectivity index (χ3v) is 6.27. The highest BCUT2D eigenvalue weighted by atomic mass is 16.2. The lowest BCUT2D eigenvalue weighted by molar-refractivity contribution is -0.141. The molecule has 0 bridgehead atoms. The summed E-state index contributed by atoms with van der Waals surface area (Å²) < 4.78 is 0. The average molecular weight is 486 g/mol. The van der Waals surface area contributed by atoms with Gasteiger partial charge in [0.2, 0.25) is 0 Å². The second-order valence-electron chi connectivity index (χ2n) is 8.61. The number of amides is 4. The summed E-state index contributed by atoms with van der Waals surface area (Å²) in [5.74, 6) is -0.828. The Bertz CT molecular complexity index is 1190. The Morgan fingerprint density at radius 2 is 1.47 bits per heavy atom. The van der Waals surface area contributed by atoms with Crippen molar-refractivity contribution in [3.63, 3.8) is 0 Å². The van der Waals surface area contributed by atoms with Gasteiger partial charge in [0.05, 0.1) is 6.04 Å². The largest absolute Gasteiger partial charge is 0.336 e. The van der Waals surface area contributed by atoms with E-state index in [0.717, 1.165) is 22.4 Å². The quantitative estimate of drug-likeness (QED) is 0.311. The minimum Gasteiger partial charge on any atom is -0.336 e. The maximum Gasteiger partial charge on any atom is 0.325 e. The monoisotopic (exact) mass is 485 g/mol. The molecule has 4 amide bonds. The molecule has 0 saturated carbocycles. The number of carbonyl (C=O) groups excluding carboxylic acids is 3. The third-order valence-electron chi connectivity index (χ3n) is 6.27. The molecule has 0 aromatic heterocycles. The van der Waals surface area contributed by atoms with Crippen LogP contribution in [0.15, 0.2) is 98.1 Å². The summed E-state index contributed by atoms with van der Waals surface area (Å²) in [6.07, 6.45) is 0.751. The number of imide groups is 1. The molecule has 188 valence electrons. The first kappa shape index (κ1) is 26.4. The molecule has 3 aromatic carbocycles. The molecule has 2 atom stereocenters. The fraction of sp³-hybridized carbons (Fsp3) is 0.233. The number of carbonyl (C=O) groups is 3. The van der Waals surface area contributed by atoms with Gasteiger partial charge in [0, 0.05) is 14.5 Å². The maximum atomic E-state index is 12.9. The van der Waals surface area contributed by atoms with Gasteiger partial charge in [-0.05, 0) is 37.0 Å². The summed E-state index contributed by atoms with van der Waals surface area (Å²) in [6.45, 7) is 10.9. The average Bonchev–Trinajstić information content (AvgIpc) is 3.23. The standard InChI is InChI=1S/C21H21N3O3.C7H8.C2H4.H2/c1-14(15-7-3-2-4-8-15)24-20(26)18(22-21(24)27)19(25)23-12-11-16-9-5-6-10-17(16)13-23;1-7-5-3-2-4-6-7;1-2;/h2-10,14,18H,11-13H2,1H3,(H,22,27);2-6H,1H3;1-2H2;1H/t14-,18?;;;/m1.../s1. The minimum atomic E-state index is -1.14. The molecule has 2 aliphatic heterocycles. The van der Waals surface area contributed by atoms with E-state index < -0.39 is 24.0 Å². The van der Waals surface area contributed by atoms with E-state index in [1.54, 1.807) is 11.8 Å². The van der Waals surface area contributed by atoms with Crippen LogP contribution in [0.5, 0.6) is 0 Å². The van der Waals surface area contributed by atoms with Crippen molar-refractivity contribution in [2.75, 3.05) is 6.54 Å². The Hall–Kier alpha value is -4.19. The molecular weight excluding hydrogens is 450 g/mol. The second kappa shape index (κ2) is 12.5. The molecule has 2 heterocycles. The van der Waals surface area contributed by atoms with Gasteiger partial charge in [0.15, 0.2) is 6.04 Å². The first-order valence-electron chi connectivity index (χ1n) is 12.0. The first-order chi connectivity index (χ1) is 17.5. The zero-order valence-electron chi connectivity index (χ0n) is 20.9. The van der Waals surface area contributed by atoms with Crippen LogP contribution in [0.25, 0.3) is 0 Å². The minimum absolute atomic E-state index is 0. The Labute approximate surface area is 214 Å². The van der Waals surface area contributed by atoms with Crippen LogP contribution >= 0.6 is 0 Å². The third kappa shape index (κ3) is 6.08. The number of nitrogens with zero attached hydrogens (tertiary/aromatic N) is 2. The van der Waals surface area contributed by atoms with Gasteiger partial charge in [-0.3, -0.25) is 14.5 Å². The van der Waals surface area contributed by atoms with E-state index >= 15 is 0 Å². The highest BCUT2D eigenvalue weighted by molar-refractivity contribution is 6.16. The summed E-state index contributed by atoms with van der Waals surface area (Å²) in [6, 6.07) is 25.5. The van der Waals surface area contributed by atoms with Gasteiger partial charge in [-0.25, -0.2) is 4.79 Å². The van der Waals surface area contributed by atoms with Gasteiger partial charge in [-0.15, -0.1) is 13.2 Å². The van der Waals surface area contributed by atoms with Crippen LogP contribution in [-0.4, -0.2) is 40.2 Å². The highest BCUT2D eigenvalue weighted by Gasteiger charge is 2.46. The van der Waals surface area contributed by atoms with Gasteiger partial charge in [0.1, 0.15) is 0 Å². The van der Waals surface area contributed by atoms with E-state index in [4.69, 9.17) is 0 Å². The molecule has 0 aliphatic carbocycles. The van der Waals surface area contributed by atoms with Crippen molar-refractivity contribution in [2.24, 2.45) is 0 Å². The van der Waals surface area contributed by atoms with Crippen LogP contribution in [0.2, 0.25) is 0 Å². The smallest absolute Gasteiger partial charge is 0.325 e. The van der Waals surface area contributed by atoms with E-state index in [1.165, 1.54) is 11.1 Å². The summed E-state index contributed by atoms with van der Waals surface area (Å²) in [7, 11) is 0. The highest BCUT2D eigenvalue weighted by Crippen LogP contribution is 2.26. The zero-order chi connectivity index (χ0) is 26.1. The predicted molar refractivity (Wildman–Crippen MR) is 144 cm³/mol. The van der Waals surface area contributed by atoms with Crippen molar-refractivity contribution in [1.82, 2.24) is 15.1 Å². The number of benzene rings is 3. The summed E-state index contributed by atoms with van der Waals surface area (Å²) in [5, 5.41) is 2.57. The molecule has 0 radical (unpaired) electrons. The second-order valence-corrected chi connectivity index (χ2v) is 8.61. The Morgan fingerprint density at radius 1 is 0.917 bits per heavy atom. The van der Waals surface area contributed by atoms with Crippen molar-refractivity contribution in [2.45, 2.75) is 38.9 Å². The normalized spacial score (nSPS) is 17.0. The molecule has 1 saturated heterocycles. The number of nitrogens with one attached hydrogen (secondary N) is 1. The van der Waals surface area contributed by atoms with Gasteiger partial charge < -0.3 is 10.2 Å². The van der Waals surface area contributed by atoms with E-state index in [2.05, 4.69) is 43.6 Å². The first-order valence-corrected chi connectivity index (χ1v) is 12.0. The molecule has 3 aromatic rings. The van der Waals surface area contributed by atoms with Crippen molar-refractivity contribution in [3.8, 4) is 0 Å². The van der Waals surface area contributed by atoms with Gasteiger partial charge in [0.25, 0.3) is 11.8 Å². The number of aryl methyl sites for hydroxylation is 1. The molecule has 1 unspecified atom stereocenters. The fourth-order valence-corrected chi connectivity index (χ4v) is 4.31. The fourth-order valence-electron chi connectivity index (χ4n) is 4.31. The van der Waals surface area contributed by atoms with Crippen LogP contribution in [0.3, 0.4) is 0 Å². The SMILES string of the molecule is C=C.C[C@H](c1ccccc1)N1C(=O)NC(C(=O)N2CCc3ccccc3C2)C1=O.Cc1ccccc1.[HH]. The topological polar surface area (TPSA) is 69.7 Å². The van der Waals surface area contributed by atoms with E-state index in [9.17, 15) is 14.4 Å². The molecule has 1 N–H and O–H groups in total. The lowest BCUT2D eigenvalue weighted by Crippen LogP contribution is -2.49. The van der Waals surface area contributed by atoms with E-state index in [-0.39, 0.29) is 7.33 Å². The summed E-state index contributed by atoms with van der Waals surface area (Å²) in [4.78, 5) is 41.0. The number of hydrogen-bond acceptors (Lipinski definition) is 3. The maximum absolute atomic E-state index is 12.9. The molecule has 6 nitrogen and oxygen atoms in total. The molecule has 5 rings (SSSR count).